The summed E-state index contributed by atoms with van der Waals surface area (Å²) in [6.07, 6.45) is 6.00. The average Bonchev–Trinajstić information content (AvgIpc) is 2.98. The summed E-state index contributed by atoms with van der Waals surface area (Å²) in [6, 6.07) is 5.75. The van der Waals surface area contributed by atoms with Crippen molar-refractivity contribution in [3.63, 3.8) is 0 Å². The Bertz CT molecular complexity index is 494. The van der Waals surface area contributed by atoms with Gasteiger partial charge in [-0.3, -0.25) is 14.6 Å². The Labute approximate surface area is 125 Å². The lowest BCUT2D eigenvalue weighted by Crippen LogP contribution is -2.49. The highest BCUT2D eigenvalue weighted by Gasteiger charge is 2.37. The molecule has 114 valence electrons. The Morgan fingerprint density at radius 3 is 2.57 bits per heavy atom. The molecule has 0 bridgehead atoms. The Balaban J connectivity index is 1.88. The minimum atomic E-state index is -1.07. The van der Waals surface area contributed by atoms with Gasteiger partial charge in [0.25, 0.3) is 0 Å². The van der Waals surface area contributed by atoms with Crippen molar-refractivity contribution in [3.8, 4) is 0 Å². The van der Waals surface area contributed by atoms with Gasteiger partial charge in [-0.05, 0) is 38.8 Å². The molecule has 0 radical (unpaired) electrons. The predicted octanol–water partition coefficient (Wildman–Crippen LogP) is 1.78. The Morgan fingerprint density at radius 2 is 1.95 bits per heavy atom. The average molecular weight is 289 g/mol. The molecule has 0 spiro atoms. The van der Waals surface area contributed by atoms with E-state index in [4.69, 9.17) is 0 Å². The number of nitrogens with zero attached hydrogens (tertiary/aromatic N) is 1. The van der Waals surface area contributed by atoms with E-state index in [1.54, 1.807) is 20.0 Å². The molecule has 0 aliphatic heterocycles. The number of nitrogens with one attached hydrogen (secondary N) is 2. The zero-order valence-electron chi connectivity index (χ0n) is 12.7. The van der Waals surface area contributed by atoms with E-state index in [1.165, 1.54) is 0 Å². The number of carbonyl (C=O) groups excluding carboxylic acids is 2. The molecule has 1 aromatic heterocycles. The van der Waals surface area contributed by atoms with Crippen molar-refractivity contribution in [2.45, 2.75) is 52.1 Å². The van der Waals surface area contributed by atoms with Gasteiger partial charge in [-0.2, -0.15) is 0 Å². The molecule has 2 amide bonds. The van der Waals surface area contributed by atoms with Gasteiger partial charge in [-0.15, -0.1) is 0 Å². The van der Waals surface area contributed by atoms with Gasteiger partial charge in [-0.1, -0.05) is 18.9 Å². The lowest BCUT2D eigenvalue weighted by Gasteiger charge is -2.24. The number of pyridine rings is 1. The summed E-state index contributed by atoms with van der Waals surface area (Å²) in [5, 5.41) is 5.77. The SMILES string of the molecule is CC(C)(C(=O)NCc1ccccn1)C(=O)NC1CCCC1. The topological polar surface area (TPSA) is 71.1 Å². The van der Waals surface area contributed by atoms with E-state index < -0.39 is 5.41 Å². The highest BCUT2D eigenvalue weighted by molar-refractivity contribution is 6.04. The molecule has 1 fully saturated rings. The summed E-state index contributed by atoms with van der Waals surface area (Å²) < 4.78 is 0. The van der Waals surface area contributed by atoms with Crippen LogP contribution in [0.25, 0.3) is 0 Å². The minimum Gasteiger partial charge on any atom is -0.352 e. The number of carbonyl (C=O) groups is 2. The van der Waals surface area contributed by atoms with Crippen LogP contribution in [0.3, 0.4) is 0 Å². The molecule has 0 saturated heterocycles. The van der Waals surface area contributed by atoms with Crippen LogP contribution in [-0.4, -0.2) is 22.8 Å². The second kappa shape index (κ2) is 6.70. The fraction of sp³-hybridized carbons (Fsp3) is 0.562. The van der Waals surface area contributed by atoms with Crippen LogP contribution >= 0.6 is 0 Å². The van der Waals surface area contributed by atoms with Crippen LogP contribution in [0.2, 0.25) is 0 Å². The highest BCUT2D eigenvalue weighted by atomic mass is 16.2. The normalized spacial score (nSPS) is 15.7. The fourth-order valence-electron chi connectivity index (χ4n) is 2.43. The van der Waals surface area contributed by atoms with Crippen LogP contribution in [0.4, 0.5) is 0 Å². The third kappa shape index (κ3) is 4.03. The molecule has 2 rings (SSSR count). The summed E-state index contributed by atoms with van der Waals surface area (Å²) >= 11 is 0. The van der Waals surface area contributed by atoms with E-state index in [0.29, 0.717) is 6.54 Å². The van der Waals surface area contributed by atoms with Crippen molar-refractivity contribution >= 4 is 11.8 Å². The number of hydrogen-bond acceptors (Lipinski definition) is 3. The zero-order valence-corrected chi connectivity index (χ0v) is 12.7. The van der Waals surface area contributed by atoms with Crippen molar-refractivity contribution in [3.05, 3.63) is 30.1 Å². The van der Waals surface area contributed by atoms with Crippen molar-refractivity contribution in [2.75, 3.05) is 0 Å². The largest absolute Gasteiger partial charge is 0.352 e. The number of hydrogen-bond donors (Lipinski definition) is 2. The quantitative estimate of drug-likeness (QED) is 0.812. The first-order valence-corrected chi connectivity index (χ1v) is 7.49. The van der Waals surface area contributed by atoms with Gasteiger partial charge in [-0.25, -0.2) is 0 Å². The van der Waals surface area contributed by atoms with E-state index in [2.05, 4.69) is 15.6 Å². The van der Waals surface area contributed by atoms with Crippen LogP contribution in [0.5, 0.6) is 0 Å². The molecule has 21 heavy (non-hydrogen) atoms. The summed E-state index contributed by atoms with van der Waals surface area (Å²) in [6.45, 7) is 3.65. The smallest absolute Gasteiger partial charge is 0.235 e. The van der Waals surface area contributed by atoms with E-state index in [0.717, 1.165) is 31.4 Å². The minimum absolute atomic E-state index is 0.201. The molecular weight excluding hydrogens is 266 g/mol. The highest BCUT2D eigenvalue weighted by Crippen LogP contribution is 2.21. The molecule has 1 aromatic rings. The lowest BCUT2D eigenvalue weighted by molar-refractivity contribution is -0.141. The summed E-state index contributed by atoms with van der Waals surface area (Å²) in [5.41, 5.74) is -0.296. The Morgan fingerprint density at radius 1 is 1.24 bits per heavy atom. The van der Waals surface area contributed by atoms with Gasteiger partial charge in [0.1, 0.15) is 5.41 Å². The van der Waals surface area contributed by atoms with E-state index in [-0.39, 0.29) is 17.9 Å². The van der Waals surface area contributed by atoms with Crippen molar-refractivity contribution < 1.29 is 9.59 Å². The second-order valence-electron chi connectivity index (χ2n) is 6.08. The molecule has 1 aliphatic rings. The fourth-order valence-corrected chi connectivity index (χ4v) is 2.43. The standard InChI is InChI=1S/C16H23N3O2/c1-16(2,15(21)19-12-7-3-4-8-12)14(20)18-11-13-9-5-6-10-17-13/h5-6,9-10,12H,3-4,7-8,11H2,1-2H3,(H,18,20)(H,19,21). The summed E-state index contributed by atoms with van der Waals surface area (Å²) in [7, 11) is 0. The molecule has 0 aromatic carbocycles. The molecule has 1 heterocycles. The maximum Gasteiger partial charge on any atom is 0.235 e. The molecule has 5 heteroatoms. The first-order chi connectivity index (χ1) is 10.00. The van der Waals surface area contributed by atoms with Gasteiger partial charge in [0.15, 0.2) is 0 Å². The maximum absolute atomic E-state index is 12.3. The number of rotatable bonds is 5. The van der Waals surface area contributed by atoms with E-state index in [1.807, 2.05) is 18.2 Å². The molecule has 0 unspecified atom stereocenters. The van der Waals surface area contributed by atoms with Gasteiger partial charge in [0.05, 0.1) is 12.2 Å². The van der Waals surface area contributed by atoms with Gasteiger partial charge < -0.3 is 10.6 Å². The molecule has 1 saturated carbocycles. The van der Waals surface area contributed by atoms with Gasteiger partial charge >= 0.3 is 0 Å². The van der Waals surface area contributed by atoms with Gasteiger partial charge in [0, 0.05) is 12.2 Å². The van der Waals surface area contributed by atoms with Crippen LogP contribution in [0.15, 0.2) is 24.4 Å². The zero-order chi connectivity index (χ0) is 15.3. The predicted molar refractivity (Wildman–Crippen MR) is 80.3 cm³/mol. The number of amides is 2. The van der Waals surface area contributed by atoms with Crippen LogP contribution in [0.1, 0.15) is 45.2 Å². The molecule has 5 nitrogen and oxygen atoms in total. The number of aromatic nitrogens is 1. The van der Waals surface area contributed by atoms with Gasteiger partial charge in [0.2, 0.25) is 11.8 Å². The molecule has 1 aliphatic carbocycles. The third-order valence-corrected chi connectivity index (χ3v) is 3.98. The van der Waals surface area contributed by atoms with Crippen molar-refractivity contribution in [2.24, 2.45) is 5.41 Å². The van der Waals surface area contributed by atoms with Crippen LogP contribution in [-0.2, 0) is 16.1 Å². The Hall–Kier alpha value is -1.91. The summed E-state index contributed by atoms with van der Waals surface area (Å²) in [4.78, 5) is 28.7. The van der Waals surface area contributed by atoms with Crippen LogP contribution in [0, 0.1) is 5.41 Å². The van der Waals surface area contributed by atoms with E-state index >= 15 is 0 Å². The monoisotopic (exact) mass is 289 g/mol. The molecular formula is C16H23N3O2. The first-order valence-electron chi connectivity index (χ1n) is 7.49. The van der Waals surface area contributed by atoms with Crippen molar-refractivity contribution in [1.82, 2.24) is 15.6 Å². The molecule has 0 atom stereocenters. The van der Waals surface area contributed by atoms with Crippen molar-refractivity contribution in [1.29, 1.82) is 0 Å². The first kappa shape index (κ1) is 15.5. The molecule has 2 N–H and O–H groups in total. The third-order valence-electron chi connectivity index (χ3n) is 3.98. The maximum atomic E-state index is 12.3. The lowest BCUT2D eigenvalue weighted by atomic mass is 9.90. The van der Waals surface area contributed by atoms with Crippen LogP contribution < -0.4 is 10.6 Å². The Kier molecular flexibility index (Phi) is 4.94. The second-order valence-corrected chi connectivity index (χ2v) is 6.08. The van der Waals surface area contributed by atoms with E-state index in [9.17, 15) is 9.59 Å². The summed E-state index contributed by atoms with van der Waals surface area (Å²) in [5.74, 6) is -0.475.